The van der Waals surface area contributed by atoms with E-state index in [1.807, 2.05) is 11.9 Å². The summed E-state index contributed by atoms with van der Waals surface area (Å²) in [6, 6.07) is 0. The second-order valence-corrected chi connectivity index (χ2v) is 7.14. The number of rotatable bonds is 8. The highest BCUT2D eigenvalue weighted by Gasteiger charge is 2.30. The third kappa shape index (κ3) is 6.37. The van der Waals surface area contributed by atoms with E-state index in [0.29, 0.717) is 5.92 Å². The standard InChI is InChI=1S/C18H34N2O2/c1-5-6-13-20(4)18(22)16-9-7-15(8-10-16)17(21)19-12-11-14(2)3/h14-16H,5-13H2,1-4H3,(H,19,21). The normalized spacial score (nSPS) is 21.7. The Morgan fingerprint density at radius 1 is 1.14 bits per heavy atom. The zero-order valence-electron chi connectivity index (χ0n) is 14.9. The van der Waals surface area contributed by atoms with Crippen LogP contribution in [0.1, 0.15) is 65.7 Å². The fraction of sp³-hybridized carbons (Fsp3) is 0.889. The van der Waals surface area contributed by atoms with E-state index in [4.69, 9.17) is 0 Å². The Labute approximate surface area is 136 Å². The molecular weight excluding hydrogens is 276 g/mol. The fourth-order valence-electron chi connectivity index (χ4n) is 3.05. The third-order valence-corrected chi connectivity index (χ3v) is 4.69. The van der Waals surface area contributed by atoms with Gasteiger partial charge >= 0.3 is 0 Å². The van der Waals surface area contributed by atoms with Crippen molar-refractivity contribution < 1.29 is 9.59 Å². The van der Waals surface area contributed by atoms with Crippen LogP contribution in [-0.2, 0) is 9.59 Å². The summed E-state index contributed by atoms with van der Waals surface area (Å²) in [6.45, 7) is 8.09. The van der Waals surface area contributed by atoms with Gasteiger partial charge in [-0.2, -0.15) is 0 Å². The van der Waals surface area contributed by atoms with Crippen LogP contribution in [0.25, 0.3) is 0 Å². The summed E-state index contributed by atoms with van der Waals surface area (Å²) in [4.78, 5) is 26.3. The molecule has 0 spiro atoms. The van der Waals surface area contributed by atoms with Crippen LogP contribution in [0.3, 0.4) is 0 Å². The molecular formula is C18H34N2O2. The van der Waals surface area contributed by atoms with E-state index in [9.17, 15) is 9.59 Å². The number of hydrogen-bond acceptors (Lipinski definition) is 2. The third-order valence-electron chi connectivity index (χ3n) is 4.69. The van der Waals surface area contributed by atoms with Crippen molar-refractivity contribution in [1.29, 1.82) is 0 Å². The number of carbonyl (C=O) groups excluding carboxylic acids is 2. The monoisotopic (exact) mass is 310 g/mol. The molecule has 1 fully saturated rings. The molecule has 1 aliphatic rings. The quantitative estimate of drug-likeness (QED) is 0.748. The molecule has 0 heterocycles. The van der Waals surface area contributed by atoms with Crippen LogP contribution in [0, 0.1) is 17.8 Å². The summed E-state index contributed by atoms with van der Waals surface area (Å²) >= 11 is 0. The number of nitrogens with zero attached hydrogens (tertiary/aromatic N) is 1. The van der Waals surface area contributed by atoms with E-state index >= 15 is 0 Å². The summed E-state index contributed by atoms with van der Waals surface area (Å²) in [5.41, 5.74) is 0. The Morgan fingerprint density at radius 3 is 2.27 bits per heavy atom. The van der Waals surface area contributed by atoms with Crippen molar-refractivity contribution in [3.05, 3.63) is 0 Å². The number of amides is 2. The highest BCUT2D eigenvalue weighted by molar-refractivity contribution is 5.81. The average Bonchev–Trinajstić information content (AvgIpc) is 2.51. The average molecular weight is 310 g/mol. The van der Waals surface area contributed by atoms with E-state index in [1.165, 1.54) is 0 Å². The van der Waals surface area contributed by atoms with Crippen molar-refractivity contribution in [2.24, 2.45) is 17.8 Å². The fourth-order valence-corrected chi connectivity index (χ4v) is 3.05. The summed E-state index contributed by atoms with van der Waals surface area (Å²) in [7, 11) is 1.91. The number of hydrogen-bond donors (Lipinski definition) is 1. The van der Waals surface area contributed by atoms with E-state index in [-0.39, 0.29) is 23.7 Å². The van der Waals surface area contributed by atoms with Crippen molar-refractivity contribution >= 4 is 11.8 Å². The molecule has 0 atom stereocenters. The van der Waals surface area contributed by atoms with Gasteiger partial charge in [0.15, 0.2) is 0 Å². The first-order chi connectivity index (χ1) is 10.5. The van der Waals surface area contributed by atoms with Gasteiger partial charge in [0.05, 0.1) is 0 Å². The van der Waals surface area contributed by atoms with Crippen molar-refractivity contribution in [3.63, 3.8) is 0 Å². The first-order valence-corrected chi connectivity index (χ1v) is 8.98. The molecule has 0 radical (unpaired) electrons. The van der Waals surface area contributed by atoms with Gasteiger partial charge in [-0.3, -0.25) is 9.59 Å². The van der Waals surface area contributed by atoms with Gasteiger partial charge < -0.3 is 10.2 Å². The maximum Gasteiger partial charge on any atom is 0.225 e. The minimum Gasteiger partial charge on any atom is -0.356 e. The molecule has 0 aromatic heterocycles. The molecule has 128 valence electrons. The summed E-state index contributed by atoms with van der Waals surface area (Å²) in [6.07, 6.45) is 6.63. The molecule has 1 N–H and O–H groups in total. The summed E-state index contributed by atoms with van der Waals surface area (Å²) in [5, 5.41) is 3.04. The Hall–Kier alpha value is -1.06. The number of carbonyl (C=O) groups is 2. The molecule has 1 saturated carbocycles. The summed E-state index contributed by atoms with van der Waals surface area (Å²) < 4.78 is 0. The molecule has 0 unspecified atom stereocenters. The van der Waals surface area contributed by atoms with Crippen LogP contribution in [0.2, 0.25) is 0 Å². The lowest BCUT2D eigenvalue weighted by molar-refractivity contribution is -0.137. The van der Waals surface area contributed by atoms with Crippen molar-refractivity contribution in [3.8, 4) is 0 Å². The second-order valence-electron chi connectivity index (χ2n) is 7.14. The lowest BCUT2D eigenvalue weighted by atomic mass is 9.81. The van der Waals surface area contributed by atoms with Gasteiger partial charge in [-0.15, -0.1) is 0 Å². The Kier molecular flexibility index (Phi) is 8.51. The van der Waals surface area contributed by atoms with E-state index in [0.717, 1.165) is 58.0 Å². The molecule has 0 aromatic carbocycles. The topological polar surface area (TPSA) is 49.4 Å². The van der Waals surface area contributed by atoms with Crippen LogP contribution < -0.4 is 5.32 Å². The van der Waals surface area contributed by atoms with Gasteiger partial charge in [-0.05, 0) is 44.4 Å². The highest BCUT2D eigenvalue weighted by atomic mass is 16.2. The molecule has 22 heavy (non-hydrogen) atoms. The van der Waals surface area contributed by atoms with Crippen LogP contribution in [-0.4, -0.2) is 36.9 Å². The summed E-state index contributed by atoms with van der Waals surface area (Å²) in [5.74, 6) is 1.31. The van der Waals surface area contributed by atoms with E-state index in [2.05, 4.69) is 26.1 Å². The molecule has 2 amide bonds. The lowest BCUT2D eigenvalue weighted by Crippen LogP contribution is -2.38. The molecule has 1 aliphatic carbocycles. The first-order valence-electron chi connectivity index (χ1n) is 8.98. The molecule has 0 saturated heterocycles. The largest absolute Gasteiger partial charge is 0.356 e. The maximum atomic E-state index is 12.4. The predicted octanol–water partition coefficient (Wildman–Crippen LogP) is 3.21. The first kappa shape index (κ1) is 19.0. The number of nitrogens with one attached hydrogen (secondary N) is 1. The molecule has 0 aliphatic heterocycles. The Morgan fingerprint density at radius 2 is 1.73 bits per heavy atom. The Balaban J connectivity index is 2.30. The molecule has 4 nitrogen and oxygen atoms in total. The van der Waals surface area contributed by atoms with Crippen LogP contribution in [0.15, 0.2) is 0 Å². The van der Waals surface area contributed by atoms with Crippen molar-refractivity contribution in [2.75, 3.05) is 20.1 Å². The minimum atomic E-state index is 0.108. The minimum absolute atomic E-state index is 0.108. The van der Waals surface area contributed by atoms with Gasteiger partial charge in [0.1, 0.15) is 0 Å². The van der Waals surface area contributed by atoms with E-state index < -0.39 is 0 Å². The van der Waals surface area contributed by atoms with Crippen LogP contribution >= 0.6 is 0 Å². The van der Waals surface area contributed by atoms with Crippen molar-refractivity contribution in [1.82, 2.24) is 10.2 Å². The number of unbranched alkanes of at least 4 members (excludes halogenated alkanes) is 1. The van der Waals surface area contributed by atoms with Crippen LogP contribution in [0.4, 0.5) is 0 Å². The lowest BCUT2D eigenvalue weighted by Gasteiger charge is -2.30. The highest BCUT2D eigenvalue weighted by Crippen LogP contribution is 2.30. The van der Waals surface area contributed by atoms with E-state index in [1.54, 1.807) is 0 Å². The smallest absolute Gasteiger partial charge is 0.225 e. The van der Waals surface area contributed by atoms with Gasteiger partial charge in [0.2, 0.25) is 11.8 Å². The zero-order chi connectivity index (χ0) is 16.5. The zero-order valence-corrected chi connectivity index (χ0v) is 14.9. The second kappa shape index (κ2) is 9.86. The predicted molar refractivity (Wildman–Crippen MR) is 90.5 cm³/mol. The Bertz CT molecular complexity index is 347. The van der Waals surface area contributed by atoms with Crippen molar-refractivity contribution in [2.45, 2.75) is 65.7 Å². The SMILES string of the molecule is CCCCN(C)C(=O)C1CCC(C(=O)NCCC(C)C)CC1. The molecule has 0 aromatic rings. The van der Waals surface area contributed by atoms with Gasteiger partial charge in [-0.1, -0.05) is 27.2 Å². The van der Waals surface area contributed by atoms with Gasteiger partial charge in [0, 0.05) is 32.0 Å². The van der Waals surface area contributed by atoms with Crippen LogP contribution in [0.5, 0.6) is 0 Å². The maximum absolute atomic E-state index is 12.4. The molecule has 1 rings (SSSR count). The molecule has 4 heteroatoms. The molecule has 0 bridgehead atoms. The van der Waals surface area contributed by atoms with Gasteiger partial charge in [0.25, 0.3) is 0 Å². The van der Waals surface area contributed by atoms with Gasteiger partial charge in [-0.25, -0.2) is 0 Å².